The van der Waals surface area contributed by atoms with Crippen molar-refractivity contribution in [2.24, 2.45) is 11.8 Å². The van der Waals surface area contributed by atoms with Gasteiger partial charge in [-0.15, -0.1) is 0 Å². The highest BCUT2D eigenvalue weighted by Gasteiger charge is 2.36. The molecule has 0 spiro atoms. The molecular formula is C24H41NO4. The minimum absolute atomic E-state index is 0.0648. The highest BCUT2D eigenvalue weighted by Crippen LogP contribution is 2.26. The number of hydrogen-bond donors (Lipinski definition) is 0. The van der Waals surface area contributed by atoms with E-state index in [1.54, 1.807) is 18.1 Å². The molecule has 0 N–H and O–H groups in total. The molecule has 0 aromatic heterocycles. The van der Waals surface area contributed by atoms with E-state index in [-0.39, 0.29) is 24.1 Å². The number of fused-ring (bicyclic) bond motifs is 1. The van der Waals surface area contributed by atoms with Gasteiger partial charge >= 0.3 is 5.97 Å². The van der Waals surface area contributed by atoms with Gasteiger partial charge in [-0.05, 0) is 69.3 Å². The zero-order chi connectivity index (χ0) is 21.2. The Morgan fingerprint density at radius 2 is 1.97 bits per heavy atom. The summed E-state index contributed by atoms with van der Waals surface area (Å²) in [6.45, 7) is 7.15. The van der Waals surface area contributed by atoms with Gasteiger partial charge in [0.1, 0.15) is 12.1 Å². The topological polar surface area (TPSA) is 55.8 Å². The number of carbonyl (C=O) groups excluding carboxylic acids is 2. The molecule has 0 radical (unpaired) electrons. The van der Waals surface area contributed by atoms with Crippen LogP contribution < -0.4 is 0 Å². The van der Waals surface area contributed by atoms with Crippen LogP contribution in [-0.2, 0) is 19.1 Å². The van der Waals surface area contributed by atoms with Crippen LogP contribution in [-0.4, -0.2) is 48.7 Å². The summed E-state index contributed by atoms with van der Waals surface area (Å²) in [7, 11) is 1.78. The molecule has 2 unspecified atom stereocenters. The van der Waals surface area contributed by atoms with Gasteiger partial charge in [-0.25, -0.2) is 4.79 Å². The zero-order valence-corrected chi connectivity index (χ0v) is 18.9. The SMILES string of the molecule is CCCC[C@@H](C)[C@@H]1CCCC(OC)CCC(C)C=CC(=O)N2CCC[C@H]2C(=O)O1. The van der Waals surface area contributed by atoms with Crippen molar-refractivity contribution in [2.45, 2.75) is 103 Å². The van der Waals surface area contributed by atoms with Crippen molar-refractivity contribution in [1.82, 2.24) is 4.90 Å². The lowest BCUT2D eigenvalue weighted by Crippen LogP contribution is -2.42. The van der Waals surface area contributed by atoms with E-state index in [4.69, 9.17) is 9.47 Å². The molecule has 5 heteroatoms. The van der Waals surface area contributed by atoms with Gasteiger partial charge in [0.05, 0.1) is 6.10 Å². The second-order valence-electron chi connectivity index (χ2n) is 8.99. The maximum absolute atomic E-state index is 13.0. The molecule has 2 aliphatic rings. The monoisotopic (exact) mass is 407 g/mol. The van der Waals surface area contributed by atoms with Gasteiger partial charge in [0.25, 0.3) is 0 Å². The van der Waals surface area contributed by atoms with Crippen molar-refractivity contribution in [2.75, 3.05) is 13.7 Å². The first-order chi connectivity index (χ1) is 14.0. The normalized spacial score (nSPS) is 31.0. The molecule has 1 amide bonds. The number of cyclic esters (lactones) is 1. The van der Waals surface area contributed by atoms with Gasteiger partial charge in [0, 0.05) is 13.7 Å². The number of nitrogens with zero attached hydrogens (tertiary/aromatic N) is 1. The molecule has 0 aromatic carbocycles. The van der Waals surface area contributed by atoms with Gasteiger partial charge in [-0.2, -0.15) is 0 Å². The predicted octanol–water partition coefficient (Wildman–Crippen LogP) is 4.89. The van der Waals surface area contributed by atoms with Crippen molar-refractivity contribution < 1.29 is 19.1 Å². The summed E-state index contributed by atoms with van der Waals surface area (Å²) < 4.78 is 11.7. The fraction of sp³-hybridized carbons (Fsp3) is 0.833. The summed E-state index contributed by atoms with van der Waals surface area (Å²) >= 11 is 0. The number of methoxy groups -OCH3 is 1. The molecule has 0 aliphatic carbocycles. The summed E-state index contributed by atoms with van der Waals surface area (Å²) in [5.41, 5.74) is 0. The average molecular weight is 408 g/mol. The van der Waals surface area contributed by atoms with Crippen LogP contribution >= 0.6 is 0 Å². The Balaban J connectivity index is 2.16. The molecule has 5 atom stereocenters. The van der Waals surface area contributed by atoms with Crippen LogP contribution in [0.5, 0.6) is 0 Å². The van der Waals surface area contributed by atoms with Gasteiger partial charge in [0.2, 0.25) is 5.91 Å². The first-order valence-electron chi connectivity index (χ1n) is 11.7. The second kappa shape index (κ2) is 12.4. The van der Waals surface area contributed by atoms with Crippen LogP contribution in [0, 0.1) is 11.8 Å². The molecule has 1 fully saturated rings. The standard InChI is InChI=1S/C24H41NO4/c1-5-6-9-19(3)22-12-7-10-20(28-4)15-13-18(2)14-16-23(26)25-17-8-11-21(25)24(27)29-22/h14,16,18-22H,5-13,15,17H2,1-4H3/t18?,19-,20?,21+,22+/m1/s1. The van der Waals surface area contributed by atoms with E-state index >= 15 is 0 Å². The molecular weight excluding hydrogens is 366 g/mol. The summed E-state index contributed by atoms with van der Waals surface area (Å²) in [6, 6.07) is -0.430. The minimum Gasteiger partial charge on any atom is -0.461 e. The molecule has 29 heavy (non-hydrogen) atoms. The van der Waals surface area contributed by atoms with Crippen LogP contribution in [0.4, 0.5) is 0 Å². The first kappa shape index (κ1) is 23.9. The van der Waals surface area contributed by atoms with E-state index in [2.05, 4.69) is 20.8 Å². The molecule has 2 aliphatic heterocycles. The Labute approximate surface area is 177 Å². The van der Waals surface area contributed by atoms with Crippen LogP contribution in [0.1, 0.15) is 85.0 Å². The van der Waals surface area contributed by atoms with E-state index in [1.165, 1.54) is 0 Å². The molecule has 1 saturated heterocycles. The van der Waals surface area contributed by atoms with Crippen molar-refractivity contribution in [3.8, 4) is 0 Å². The van der Waals surface area contributed by atoms with E-state index in [0.29, 0.717) is 24.8 Å². The molecule has 2 heterocycles. The number of unbranched alkanes of at least 4 members (excludes halogenated alkanes) is 1. The van der Waals surface area contributed by atoms with Crippen LogP contribution in [0.25, 0.3) is 0 Å². The summed E-state index contributed by atoms with van der Waals surface area (Å²) in [4.78, 5) is 27.4. The fourth-order valence-corrected chi connectivity index (χ4v) is 4.49. The van der Waals surface area contributed by atoms with Crippen molar-refractivity contribution in [3.05, 3.63) is 12.2 Å². The first-order valence-corrected chi connectivity index (χ1v) is 11.7. The van der Waals surface area contributed by atoms with Gasteiger partial charge in [0.15, 0.2) is 0 Å². The third-order valence-corrected chi connectivity index (χ3v) is 6.58. The number of esters is 1. The number of carbonyl (C=O) groups is 2. The van der Waals surface area contributed by atoms with Gasteiger partial charge in [-0.1, -0.05) is 39.7 Å². The predicted molar refractivity (Wildman–Crippen MR) is 115 cm³/mol. The van der Waals surface area contributed by atoms with Crippen LogP contribution in [0.3, 0.4) is 0 Å². The number of hydrogen-bond acceptors (Lipinski definition) is 4. The van der Waals surface area contributed by atoms with Crippen LogP contribution in [0.15, 0.2) is 12.2 Å². The lowest BCUT2D eigenvalue weighted by molar-refractivity contribution is -0.160. The molecule has 0 saturated carbocycles. The average Bonchev–Trinajstić information content (AvgIpc) is 3.21. The zero-order valence-electron chi connectivity index (χ0n) is 18.9. The minimum atomic E-state index is -0.430. The van der Waals surface area contributed by atoms with Crippen LogP contribution in [0.2, 0.25) is 0 Å². The fourth-order valence-electron chi connectivity index (χ4n) is 4.49. The Bertz CT molecular complexity index is 547. The number of rotatable bonds is 5. The van der Waals surface area contributed by atoms with Crippen molar-refractivity contribution in [1.29, 1.82) is 0 Å². The van der Waals surface area contributed by atoms with E-state index in [0.717, 1.165) is 57.8 Å². The lowest BCUT2D eigenvalue weighted by atomic mass is 9.92. The number of allylic oxidation sites excluding steroid dienone is 1. The molecule has 0 aromatic rings. The quantitative estimate of drug-likeness (QED) is 0.609. The number of amides is 1. The Morgan fingerprint density at radius 3 is 2.69 bits per heavy atom. The smallest absolute Gasteiger partial charge is 0.329 e. The maximum atomic E-state index is 13.0. The van der Waals surface area contributed by atoms with Gasteiger partial charge < -0.3 is 14.4 Å². The molecule has 0 bridgehead atoms. The highest BCUT2D eigenvalue weighted by molar-refractivity contribution is 5.92. The van der Waals surface area contributed by atoms with E-state index < -0.39 is 6.04 Å². The molecule has 166 valence electrons. The second-order valence-corrected chi connectivity index (χ2v) is 8.99. The Morgan fingerprint density at radius 1 is 1.17 bits per heavy atom. The van der Waals surface area contributed by atoms with E-state index in [9.17, 15) is 9.59 Å². The summed E-state index contributed by atoms with van der Waals surface area (Å²) in [6.07, 6.45) is 13.5. The molecule has 5 nitrogen and oxygen atoms in total. The van der Waals surface area contributed by atoms with Crippen molar-refractivity contribution >= 4 is 11.9 Å². The Hall–Kier alpha value is -1.36. The third-order valence-electron chi connectivity index (χ3n) is 6.58. The lowest BCUT2D eigenvalue weighted by Gasteiger charge is -2.28. The summed E-state index contributed by atoms with van der Waals surface area (Å²) in [5.74, 6) is 0.367. The van der Waals surface area contributed by atoms with E-state index in [1.807, 2.05) is 6.08 Å². The van der Waals surface area contributed by atoms with Gasteiger partial charge in [-0.3, -0.25) is 4.79 Å². The maximum Gasteiger partial charge on any atom is 0.329 e. The van der Waals surface area contributed by atoms with Crippen molar-refractivity contribution in [3.63, 3.8) is 0 Å². The molecule has 2 rings (SSSR count). The highest BCUT2D eigenvalue weighted by atomic mass is 16.5. The largest absolute Gasteiger partial charge is 0.461 e. The Kier molecular flexibility index (Phi) is 10.2. The summed E-state index contributed by atoms with van der Waals surface area (Å²) in [5, 5.41) is 0. The third kappa shape index (κ3) is 7.44. The number of ether oxygens (including phenoxy) is 2.